The molecule has 13 heteroatoms. The predicted octanol–water partition coefficient (Wildman–Crippen LogP) is 4.81. The Morgan fingerprint density at radius 1 is 1.18 bits per heavy atom. The van der Waals surface area contributed by atoms with Crippen LogP contribution in [-0.4, -0.2) is 39.9 Å². The summed E-state index contributed by atoms with van der Waals surface area (Å²) in [5.74, 6) is -0.736. The Hall–Kier alpha value is -3.48. The Morgan fingerprint density at radius 2 is 1.79 bits per heavy atom. The fourth-order valence-electron chi connectivity index (χ4n) is 3.46. The summed E-state index contributed by atoms with van der Waals surface area (Å²) in [5, 5.41) is 18.0. The van der Waals surface area contributed by atoms with E-state index in [-0.39, 0.29) is 17.7 Å². The van der Waals surface area contributed by atoms with Gasteiger partial charge in [-0.2, -0.15) is 13.2 Å². The van der Waals surface area contributed by atoms with E-state index < -0.39 is 30.4 Å². The highest BCUT2D eigenvalue weighted by Crippen LogP contribution is 2.31. The summed E-state index contributed by atoms with van der Waals surface area (Å²) >= 11 is 0. The van der Waals surface area contributed by atoms with Gasteiger partial charge in [0.25, 0.3) is 0 Å². The maximum atomic E-state index is 13.9. The van der Waals surface area contributed by atoms with Crippen LogP contribution in [0.3, 0.4) is 0 Å². The average Bonchev–Trinajstić information content (AvgIpc) is 3.05. The number of rotatable bonds is 5. The van der Waals surface area contributed by atoms with Crippen LogP contribution in [0.15, 0.2) is 28.9 Å². The van der Waals surface area contributed by atoms with Crippen molar-refractivity contribution < 1.29 is 36.3 Å². The van der Waals surface area contributed by atoms with Gasteiger partial charge in [0.1, 0.15) is 11.6 Å². The number of fused-ring (bicyclic) bond motifs is 1. The van der Waals surface area contributed by atoms with E-state index in [9.17, 15) is 31.9 Å². The number of alkyl halides is 3. The number of aryl methyl sites for hydroxylation is 1. The third-order valence-corrected chi connectivity index (χ3v) is 5.09. The van der Waals surface area contributed by atoms with Crippen LogP contribution in [-0.2, 0) is 0 Å². The number of aliphatic hydroxyl groups is 1. The molecular formula is C21H22F5N5O3. The number of amides is 2. The molecule has 1 fully saturated rings. The van der Waals surface area contributed by atoms with Gasteiger partial charge in [-0.3, -0.25) is 0 Å². The van der Waals surface area contributed by atoms with Gasteiger partial charge in [0.05, 0.1) is 30.2 Å². The molecule has 1 unspecified atom stereocenters. The third-order valence-electron chi connectivity index (χ3n) is 5.09. The van der Waals surface area contributed by atoms with Gasteiger partial charge in [-0.05, 0) is 32.8 Å². The summed E-state index contributed by atoms with van der Waals surface area (Å²) in [7, 11) is 0. The van der Waals surface area contributed by atoms with E-state index in [2.05, 4.69) is 25.9 Å². The van der Waals surface area contributed by atoms with Crippen LogP contribution in [0.2, 0.25) is 0 Å². The lowest BCUT2D eigenvalue weighted by Gasteiger charge is -2.31. The van der Waals surface area contributed by atoms with Crippen molar-refractivity contribution in [3.8, 4) is 0 Å². The smallest absolute Gasteiger partial charge is 0.379 e. The van der Waals surface area contributed by atoms with Crippen molar-refractivity contribution in [2.24, 2.45) is 0 Å². The van der Waals surface area contributed by atoms with Crippen molar-refractivity contribution in [2.75, 3.05) is 10.6 Å². The lowest BCUT2D eigenvalue weighted by atomic mass is 9.90. The number of aromatic nitrogens is 2. The highest BCUT2D eigenvalue weighted by molar-refractivity contribution is 5.89. The highest BCUT2D eigenvalue weighted by atomic mass is 19.4. The normalized spacial score (nSPS) is 18.0. The van der Waals surface area contributed by atoms with Crippen LogP contribution in [0.4, 0.5) is 38.4 Å². The summed E-state index contributed by atoms with van der Waals surface area (Å²) in [5.41, 5.74) is 0.887. The molecule has 2 aromatic heterocycles. The van der Waals surface area contributed by atoms with Crippen molar-refractivity contribution in [3.63, 3.8) is 0 Å². The first-order chi connectivity index (χ1) is 16.0. The molecule has 0 spiro atoms. The summed E-state index contributed by atoms with van der Waals surface area (Å²) in [4.78, 5) is 20.6. The van der Waals surface area contributed by atoms with Crippen LogP contribution < -0.4 is 16.0 Å². The van der Waals surface area contributed by atoms with Crippen LogP contribution in [0.1, 0.15) is 37.1 Å². The fourth-order valence-corrected chi connectivity index (χ4v) is 3.46. The van der Waals surface area contributed by atoms with E-state index in [1.165, 1.54) is 18.5 Å². The van der Waals surface area contributed by atoms with Gasteiger partial charge >= 0.3 is 12.7 Å². The standard InChI is InChI=1S/C20H21F2N5O3.CHF3/c1-9-15-3-11(21)4-16(22)18(15)30-17(9)10(2)25-20(29)27-13-7-23-19(24-8-13)26-12-5-14(28)6-12;2-1(3)4/h3-4,7-8,10,12,14,28H,5-6H2,1-2H3,(H,23,24,26)(H2,25,27,29);1H. The number of carbonyl (C=O) groups excluding carboxylic acids is 1. The highest BCUT2D eigenvalue weighted by Gasteiger charge is 2.27. The maximum Gasteiger partial charge on any atom is 0.379 e. The molecule has 8 nitrogen and oxygen atoms in total. The molecule has 2 amide bonds. The summed E-state index contributed by atoms with van der Waals surface area (Å²) in [6.07, 6.45) is 3.95. The zero-order chi connectivity index (χ0) is 25.0. The molecular weight excluding hydrogens is 465 g/mol. The Labute approximate surface area is 190 Å². The number of nitrogens with one attached hydrogen (secondary N) is 3. The van der Waals surface area contributed by atoms with Gasteiger partial charge in [-0.25, -0.2) is 23.5 Å². The second-order valence-electron chi connectivity index (χ2n) is 7.69. The minimum Gasteiger partial charge on any atom is -0.456 e. The predicted molar refractivity (Wildman–Crippen MR) is 113 cm³/mol. The third kappa shape index (κ3) is 6.31. The van der Waals surface area contributed by atoms with Gasteiger partial charge in [0.15, 0.2) is 11.4 Å². The molecule has 0 bridgehead atoms. The topological polar surface area (TPSA) is 112 Å². The molecule has 1 saturated carbocycles. The molecule has 0 saturated heterocycles. The number of hydrogen-bond donors (Lipinski definition) is 4. The number of furan rings is 1. The molecule has 4 N–H and O–H groups in total. The lowest BCUT2D eigenvalue weighted by molar-refractivity contribution is 0.00818. The Kier molecular flexibility index (Phi) is 7.87. The molecule has 1 aromatic carbocycles. The number of aliphatic hydroxyl groups excluding tert-OH is 1. The number of halogens is 5. The molecule has 1 atom stereocenters. The van der Waals surface area contributed by atoms with Gasteiger partial charge < -0.3 is 25.5 Å². The molecule has 2 heterocycles. The van der Waals surface area contributed by atoms with Crippen LogP contribution in [0.5, 0.6) is 0 Å². The molecule has 0 aliphatic heterocycles. The number of urea groups is 1. The van der Waals surface area contributed by atoms with E-state index in [1.807, 2.05) is 0 Å². The van der Waals surface area contributed by atoms with E-state index in [0.717, 1.165) is 6.07 Å². The number of benzene rings is 1. The Bertz CT molecular complexity index is 1130. The summed E-state index contributed by atoms with van der Waals surface area (Å²) in [6, 6.07) is 0.983. The second-order valence-corrected chi connectivity index (χ2v) is 7.69. The first kappa shape index (κ1) is 25.1. The van der Waals surface area contributed by atoms with Gasteiger partial charge in [-0.15, -0.1) is 0 Å². The molecule has 184 valence electrons. The monoisotopic (exact) mass is 487 g/mol. The number of carbonyl (C=O) groups is 1. The van der Waals surface area contributed by atoms with Gasteiger partial charge in [-0.1, -0.05) is 0 Å². The molecule has 1 aliphatic rings. The first-order valence-electron chi connectivity index (χ1n) is 10.2. The van der Waals surface area contributed by atoms with E-state index in [4.69, 9.17) is 4.42 Å². The molecule has 3 aromatic rings. The summed E-state index contributed by atoms with van der Waals surface area (Å²) < 4.78 is 62.0. The first-order valence-corrected chi connectivity index (χ1v) is 10.2. The number of anilines is 2. The lowest BCUT2D eigenvalue weighted by Crippen LogP contribution is -2.39. The van der Waals surface area contributed by atoms with Crippen molar-refractivity contribution in [2.45, 2.75) is 51.6 Å². The number of nitrogens with zero attached hydrogens (tertiary/aromatic N) is 2. The van der Waals surface area contributed by atoms with E-state index in [0.29, 0.717) is 41.2 Å². The maximum absolute atomic E-state index is 13.9. The molecule has 34 heavy (non-hydrogen) atoms. The van der Waals surface area contributed by atoms with Crippen LogP contribution in [0, 0.1) is 18.6 Å². The zero-order valence-electron chi connectivity index (χ0n) is 18.1. The van der Waals surface area contributed by atoms with Gasteiger partial charge in [0.2, 0.25) is 5.95 Å². The second kappa shape index (κ2) is 10.6. The van der Waals surface area contributed by atoms with Crippen molar-refractivity contribution >= 4 is 28.6 Å². The zero-order valence-corrected chi connectivity index (χ0v) is 18.1. The van der Waals surface area contributed by atoms with Crippen LogP contribution >= 0.6 is 0 Å². The minimum atomic E-state index is -3.67. The number of hydrogen-bond acceptors (Lipinski definition) is 6. The van der Waals surface area contributed by atoms with Crippen molar-refractivity contribution in [1.29, 1.82) is 0 Å². The largest absolute Gasteiger partial charge is 0.456 e. The molecule has 0 radical (unpaired) electrons. The average molecular weight is 487 g/mol. The SMILES string of the molecule is Cc1c(C(C)NC(=O)Nc2cnc(NC3CC(O)C3)nc2)oc2c(F)cc(F)cc12.FC(F)F. The fraction of sp³-hybridized carbons (Fsp3) is 0.381. The Morgan fingerprint density at radius 3 is 2.38 bits per heavy atom. The van der Waals surface area contributed by atoms with E-state index >= 15 is 0 Å². The molecule has 1 aliphatic carbocycles. The summed E-state index contributed by atoms with van der Waals surface area (Å²) in [6.45, 7) is -0.314. The Balaban J connectivity index is 0.000000751. The molecule has 4 rings (SSSR count). The van der Waals surface area contributed by atoms with Crippen molar-refractivity contribution in [3.05, 3.63) is 47.5 Å². The van der Waals surface area contributed by atoms with Crippen LogP contribution in [0.25, 0.3) is 11.0 Å². The quantitative estimate of drug-likeness (QED) is 0.385. The minimum absolute atomic E-state index is 0.0478. The van der Waals surface area contributed by atoms with Crippen molar-refractivity contribution in [1.82, 2.24) is 15.3 Å². The van der Waals surface area contributed by atoms with E-state index in [1.54, 1.807) is 13.8 Å². The van der Waals surface area contributed by atoms with Gasteiger partial charge in [0, 0.05) is 23.1 Å².